The van der Waals surface area contributed by atoms with Gasteiger partial charge in [-0.25, -0.2) is 10.2 Å². The van der Waals surface area contributed by atoms with Crippen molar-refractivity contribution in [2.45, 2.75) is 13.3 Å². The topological polar surface area (TPSA) is 50.7 Å². The van der Waals surface area contributed by atoms with E-state index in [1.165, 1.54) is 7.11 Å². The summed E-state index contributed by atoms with van der Waals surface area (Å²) < 4.78 is 4.42. The first-order valence-corrected chi connectivity index (χ1v) is 5.21. The summed E-state index contributed by atoms with van der Waals surface area (Å²) in [5.41, 5.74) is 3.98. The van der Waals surface area contributed by atoms with Gasteiger partial charge < -0.3 is 4.74 Å². The van der Waals surface area contributed by atoms with E-state index < -0.39 is 6.09 Å². The Labute approximate surface area is 99.2 Å². The molecule has 0 bridgehead atoms. The summed E-state index contributed by atoms with van der Waals surface area (Å²) in [7, 11) is 1.29. The molecule has 0 aliphatic heterocycles. The third-order valence-electron chi connectivity index (χ3n) is 1.98. The minimum atomic E-state index is -0.583. The molecule has 1 aromatic carbocycles. The number of carbonyl (C=O) groups excluding carboxylic acids is 1. The normalized spacial score (nSPS) is 11.1. The molecule has 0 atom stereocenters. The fourth-order valence-corrected chi connectivity index (χ4v) is 1.27. The molecule has 0 aliphatic rings. The molecule has 86 valence electrons. The largest absolute Gasteiger partial charge is 0.452 e. The lowest BCUT2D eigenvalue weighted by Crippen LogP contribution is -2.19. The van der Waals surface area contributed by atoms with Crippen LogP contribution < -0.4 is 5.43 Å². The smallest absolute Gasteiger partial charge is 0.427 e. The van der Waals surface area contributed by atoms with Crippen LogP contribution in [0.25, 0.3) is 0 Å². The van der Waals surface area contributed by atoms with Crippen molar-refractivity contribution >= 4 is 23.4 Å². The summed E-state index contributed by atoms with van der Waals surface area (Å²) in [5.74, 6) is 0. The van der Waals surface area contributed by atoms with Gasteiger partial charge in [-0.1, -0.05) is 30.7 Å². The number of nitrogens with zero attached hydrogens (tertiary/aromatic N) is 1. The predicted octanol–water partition coefficient (Wildman–Crippen LogP) is 2.81. The van der Waals surface area contributed by atoms with E-state index in [-0.39, 0.29) is 0 Å². The Morgan fingerprint density at radius 1 is 1.44 bits per heavy atom. The van der Waals surface area contributed by atoms with Crippen LogP contribution in [0.15, 0.2) is 29.4 Å². The molecule has 0 heterocycles. The molecule has 1 amide bonds. The number of hydrazone groups is 1. The number of hydrogen-bond acceptors (Lipinski definition) is 3. The molecule has 16 heavy (non-hydrogen) atoms. The Morgan fingerprint density at radius 2 is 2.06 bits per heavy atom. The first-order chi connectivity index (χ1) is 7.67. The lowest BCUT2D eigenvalue weighted by Gasteiger charge is -2.04. The molecular formula is C11H13ClN2O2. The second-order valence-electron chi connectivity index (χ2n) is 3.02. The summed E-state index contributed by atoms with van der Waals surface area (Å²) in [4.78, 5) is 10.9. The van der Waals surface area contributed by atoms with E-state index in [1.807, 2.05) is 19.1 Å². The molecule has 1 rings (SSSR count). The number of halogens is 1. The fourth-order valence-electron chi connectivity index (χ4n) is 1.15. The standard InChI is InChI=1S/C11H13ClN2O2/c1-3-10(13-14-11(15)16-2)8-4-6-9(12)7-5-8/h4-7H,3H2,1-2H3,(H,14,15)/b13-10+. The average Bonchev–Trinajstić information content (AvgIpc) is 2.31. The van der Waals surface area contributed by atoms with Crippen LogP contribution in [0, 0.1) is 0 Å². The maximum absolute atomic E-state index is 10.9. The van der Waals surface area contributed by atoms with Crippen LogP contribution in [0.3, 0.4) is 0 Å². The van der Waals surface area contributed by atoms with Crippen LogP contribution in [0.1, 0.15) is 18.9 Å². The number of benzene rings is 1. The van der Waals surface area contributed by atoms with Gasteiger partial charge in [0.15, 0.2) is 0 Å². The van der Waals surface area contributed by atoms with E-state index in [9.17, 15) is 4.79 Å². The van der Waals surface area contributed by atoms with Crippen molar-refractivity contribution in [1.29, 1.82) is 0 Å². The number of nitrogens with one attached hydrogen (secondary N) is 1. The molecule has 0 saturated heterocycles. The average molecular weight is 241 g/mol. The summed E-state index contributed by atoms with van der Waals surface area (Å²) >= 11 is 5.78. The van der Waals surface area contributed by atoms with Crippen LogP contribution in [0.2, 0.25) is 5.02 Å². The Morgan fingerprint density at radius 3 is 2.56 bits per heavy atom. The quantitative estimate of drug-likeness (QED) is 0.652. The minimum Gasteiger partial charge on any atom is -0.452 e. The van der Waals surface area contributed by atoms with Gasteiger partial charge in [-0.3, -0.25) is 0 Å². The number of hydrogen-bond donors (Lipinski definition) is 1. The molecular weight excluding hydrogens is 228 g/mol. The van der Waals surface area contributed by atoms with Crippen molar-refractivity contribution in [3.63, 3.8) is 0 Å². The third kappa shape index (κ3) is 3.55. The zero-order valence-corrected chi connectivity index (χ0v) is 9.91. The molecule has 0 spiro atoms. The summed E-state index contributed by atoms with van der Waals surface area (Å²) in [6.45, 7) is 1.95. The molecule has 0 saturated carbocycles. The van der Waals surface area contributed by atoms with E-state index in [2.05, 4.69) is 15.3 Å². The first kappa shape index (κ1) is 12.5. The Balaban J connectivity index is 2.81. The molecule has 5 heteroatoms. The molecule has 0 unspecified atom stereocenters. The predicted molar refractivity (Wildman–Crippen MR) is 63.8 cm³/mol. The molecule has 0 fully saturated rings. The lowest BCUT2D eigenvalue weighted by atomic mass is 10.1. The summed E-state index contributed by atoms with van der Waals surface area (Å²) in [6.07, 6.45) is 0.117. The van der Waals surface area contributed by atoms with E-state index in [0.717, 1.165) is 11.3 Å². The van der Waals surface area contributed by atoms with Gasteiger partial charge in [0.1, 0.15) is 0 Å². The van der Waals surface area contributed by atoms with Crippen molar-refractivity contribution in [2.24, 2.45) is 5.10 Å². The van der Waals surface area contributed by atoms with Crippen LogP contribution in [-0.4, -0.2) is 18.9 Å². The van der Waals surface area contributed by atoms with Crippen LogP contribution in [-0.2, 0) is 4.74 Å². The number of carbonyl (C=O) groups is 1. The SMILES string of the molecule is CC/C(=N\NC(=O)OC)c1ccc(Cl)cc1. The molecule has 0 aromatic heterocycles. The second-order valence-corrected chi connectivity index (χ2v) is 3.46. The highest BCUT2D eigenvalue weighted by Gasteiger charge is 2.02. The van der Waals surface area contributed by atoms with Gasteiger partial charge in [-0.15, -0.1) is 0 Å². The van der Waals surface area contributed by atoms with Gasteiger partial charge in [0, 0.05) is 5.02 Å². The summed E-state index contributed by atoms with van der Waals surface area (Å²) in [5, 5.41) is 4.63. The van der Waals surface area contributed by atoms with Crippen molar-refractivity contribution in [2.75, 3.05) is 7.11 Å². The van der Waals surface area contributed by atoms with E-state index >= 15 is 0 Å². The first-order valence-electron chi connectivity index (χ1n) is 4.83. The molecule has 1 aromatic rings. The van der Waals surface area contributed by atoms with Crippen LogP contribution in [0.4, 0.5) is 4.79 Å². The number of rotatable bonds is 3. The van der Waals surface area contributed by atoms with E-state index in [4.69, 9.17) is 11.6 Å². The van der Waals surface area contributed by atoms with Gasteiger partial charge >= 0.3 is 6.09 Å². The zero-order valence-electron chi connectivity index (χ0n) is 9.16. The maximum Gasteiger partial charge on any atom is 0.427 e. The van der Waals surface area contributed by atoms with Gasteiger partial charge in [-0.2, -0.15) is 5.10 Å². The molecule has 1 N–H and O–H groups in total. The van der Waals surface area contributed by atoms with Crippen molar-refractivity contribution in [3.05, 3.63) is 34.9 Å². The van der Waals surface area contributed by atoms with Crippen molar-refractivity contribution < 1.29 is 9.53 Å². The Kier molecular flexibility index (Phi) is 4.79. The van der Waals surface area contributed by atoms with Gasteiger partial charge in [0.05, 0.1) is 12.8 Å². The van der Waals surface area contributed by atoms with E-state index in [0.29, 0.717) is 11.4 Å². The maximum atomic E-state index is 10.9. The summed E-state index contributed by atoms with van der Waals surface area (Å²) in [6, 6.07) is 7.26. The van der Waals surface area contributed by atoms with Crippen molar-refractivity contribution in [3.8, 4) is 0 Å². The van der Waals surface area contributed by atoms with Gasteiger partial charge in [0.2, 0.25) is 0 Å². The Hall–Kier alpha value is -1.55. The zero-order chi connectivity index (χ0) is 12.0. The van der Waals surface area contributed by atoms with E-state index in [1.54, 1.807) is 12.1 Å². The Bertz CT molecular complexity index is 387. The second kappa shape index (κ2) is 6.12. The fraction of sp³-hybridized carbons (Fsp3) is 0.273. The molecule has 4 nitrogen and oxygen atoms in total. The third-order valence-corrected chi connectivity index (χ3v) is 2.23. The molecule has 0 radical (unpaired) electrons. The lowest BCUT2D eigenvalue weighted by molar-refractivity contribution is 0.171. The highest BCUT2D eigenvalue weighted by molar-refractivity contribution is 6.30. The molecule has 0 aliphatic carbocycles. The van der Waals surface area contributed by atoms with Crippen molar-refractivity contribution in [1.82, 2.24) is 5.43 Å². The number of ether oxygens (including phenoxy) is 1. The van der Waals surface area contributed by atoms with Crippen LogP contribution in [0.5, 0.6) is 0 Å². The highest BCUT2D eigenvalue weighted by Crippen LogP contribution is 2.11. The monoisotopic (exact) mass is 240 g/mol. The van der Waals surface area contributed by atoms with Crippen LogP contribution >= 0.6 is 11.6 Å². The highest BCUT2D eigenvalue weighted by atomic mass is 35.5. The number of methoxy groups -OCH3 is 1. The number of amides is 1. The minimum absolute atomic E-state index is 0.583. The van der Waals surface area contributed by atoms with Gasteiger partial charge in [0.25, 0.3) is 0 Å². The van der Waals surface area contributed by atoms with Gasteiger partial charge in [-0.05, 0) is 24.1 Å².